The monoisotopic (exact) mass is 248 g/mol. The third kappa shape index (κ3) is 4.41. The molecule has 0 amide bonds. The van der Waals surface area contributed by atoms with Crippen molar-refractivity contribution in [1.82, 2.24) is 0 Å². The van der Waals surface area contributed by atoms with Crippen LogP contribution in [-0.2, 0) is 16.0 Å². The van der Waals surface area contributed by atoms with E-state index in [9.17, 15) is 9.59 Å². The van der Waals surface area contributed by atoms with Gasteiger partial charge >= 0.3 is 11.9 Å². The zero-order chi connectivity index (χ0) is 13.5. The van der Waals surface area contributed by atoms with Crippen LogP contribution < -0.4 is 0 Å². The number of hydrogen-bond donors (Lipinski definition) is 2. The first kappa shape index (κ1) is 14.0. The fraction of sp³-hybridized carbons (Fsp3) is 0.286. The summed E-state index contributed by atoms with van der Waals surface area (Å²) in [6, 6.07) is 9.68. The van der Waals surface area contributed by atoms with Gasteiger partial charge in [0.15, 0.2) is 0 Å². The average molecular weight is 248 g/mol. The summed E-state index contributed by atoms with van der Waals surface area (Å²) in [5.74, 6) is -2.27. The van der Waals surface area contributed by atoms with Gasteiger partial charge in [-0.1, -0.05) is 35.9 Å². The van der Waals surface area contributed by atoms with Crippen molar-refractivity contribution < 1.29 is 19.8 Å². The van der Waals surface area contributed by atoms with Gasteiger partial charge in [-0.05, 0) is 25.3 Å². The highest BCUT2D eigenvalue weighted by Gasteiger charge is 2.15. The Morgan fingerprint density at radius 1 is 1.11 bits per heavy atom. The minimum atomic E-state index is -1.15. The molecule has 4 nitrogen and oxygen atoms in total. The van der Waals surface area contributed by atoms with E-state index in [-0.39, 0.29) is 5.57 Å². The van der Waals surface area contributed by atoms with Crippen LogP contribution in [0.2, 0.25) is 0 Å². The summed E-state index contributed by atoms with van der Waals surface area (Å²) in [4.78, 5) is 21.6. The van der Waals surface area contributed by atoms with Gasteiger partial charge in [-0.3, -0.25) is 4.79 Å². The Morgan fingerprint density at radius 3 is 2.22 bits per heavy atom. The summed E-state index contributed by atoms with van der Waals surface area (Å²) in [5, 5.41) is 17.6. The number of aryl methyl sites for hydroxylation is 1. The van der Waals surface area contributed by atoms with Gasteiger partial charge in [0.2, 0.25) is 0 Å². The molecule has 0 saturated carbocycles. The van der Waals surface area contributed by atoms with Crippen LogP contribution in [0.15, 0.2) is 41.5 Å². The second-order valence-electron chi connectivity index (χ2n) is 4.12. The Balaban J connectivity index is 2.73. The van der Waals surface area contributed by atoms with Gasteiger partial charge in [0, 0.05) is 5.57 Å². The highest BCUT2D eigenvalue weighted by Crippen LogP contribution is 2.15. The quantitative estimate of drug-likeness (QED) is 0.758. The van der Waals surface area contributed by atoms with Crippen molar-refractivity contribution in [3.63, 3.8) is 0 Å². The first-order chi connectivity index (χ1) is 8.50. The predicted molar refractivity (Wildman–Crippen MR) is 67.4 cm³/mol. The highest BCUT2D eigenvalue weighted by atomic mass is 16.4. The van der Waals surface area contributed by atoms with Gasteiger partial charge in [0.05, 0.1) is 6.42 Å². The molecule has 0 fully saturated rings. The van der Waals surface area contributed by atoms with Gasteiger partial charge in [0.25, 0.3) is 0 Å². The molecule has 96 valence electrons. The zero-order valence-electron chi connectivity index (χ0n) is 10.2. The Bertz CT molecular complexity index is 460. The number of carboxylic acid groups (broad SMARTS) is 2. The molecule has 0 saturated heterocycles. The smallest absolute Gasteiger partial charge is 0.332 e. The van der Waals surface area contributed by atoms with Crippen LogP contribution in [-0.4, -0.2) is 22.2 Å². The first-order valence-electron chi connectivity index (χ1n) is 5.68. The number of hydrogen-bond acceptors (Lipinski definition) is 2. The molecule has 0 spiro atoms. The Hall–Kier alpha value is -2.10. The van der Waals surface area contributed by atoms with Crippen molar-refractivity contribution in [1.29, 1.82) is 0 Å². The van der Waals surface area contributed by atoms with Crippen molar-refractivity contribution in [3.8, 4) is 0 Å². The lowest BCUT2D eigenvalue weighted by Crippen LogP contribution is -2.09. The molecule has 0 bridgehead atoms. The second-order valence-corrected chi connectivity index (χ2v) is 4.12. The molecule has 1 rings (SSSR count). The largest absolute Gasteiger partial charge is 0.481 e. The van der Waals surface area contributed by atoms with Crippen LogP contribution in [0.1, 0.15) is 25.3 Å². The lowest BCUT2D eigenvalue weighted by Gasteiger charge is -2.06. The Kier molecular flexibility index (Phi) is 5.11. The van der Waals surface area contributed by atoms with Crippen LogP contribution in [0.3, 0.4) is 0 Å². The molecule has 1 aromatic rings. The third-order valence-corrected chi connectivity index (χ3v) is 2.73. The molecule has 0 atom stereocenters. The minimum absolute atomic E-state index is 0.0153. The summed E-state index contributed by atoms with van der Waals surface area (Å²) >= 11 is 0. The first-order valence-corrected chi connectivity index (χ1v) is 5.68. The molecule has 0 aliphatic heterocycles. The normalized spacial score (nSPS) is 11.8. The van der Waals surface area contributed by atoms with Crippen LogP contribution in [0, 0.1) is 0 Å². The van der Waals surface area contributed by atoms with E-state index in [4.69, 9.17) is 10.2 Å². The van der Waals surface area contributed by atoms with Gasteiger partial charge in [-0.2, -0.15) is 0 Å². The van der Waals surface area contributed by atoms with Crippen molar-refractivity contribution in [2.24, 2.45) is 0 Å². The van der Waals surface area contributed by atoms with Crippen LogP contribution in [0.5, 0.6) is 0 Å². The maximum absolute atomic E-state index is 11.0. The van der Waals surface area contributed by atoms with E-state index in [2.05, 4.69) is 0 Å². The van der Waals surface area contributed by atoms with Crippen LogP contribution in [0.4, 0.5) is 0 Å². The van der Waals surface area contributed by atoms with Crippen molar-refractivity contribution in [3.05, 3.63) is 47.0 Å². The standard InChI is InChI=1S/C14H16O4/c1-10(12(14(17)18)9-13(15)16)7-8-11-5-3-2-4-6-11/h2-6H,7-9H2,1H3,(H,15,16)(H,17,18). The maximum Gasteiger partial charge on any atom is 0.332 e. The van der Waals surface area contributed by atoms with Crippen LogP contribution in [0.25, 0.3) is 0 Å². The molecular weight excluding hydrogens is 232 g/mol. The topological polar surface area (TPSA) is 74.6 Å². The van der Waals surface area contributed by atoms with Gasteiger partial charge in [0.1, 0.15) is 0 Å². The van der Waals surface area contributed by atoms with E-state index in [0.29, 0.717) is 18.4 Å². The maximum atomic E-state index is 11.0. The lowest BCUT2D eigenvalue weighted by atomic mass is 9.99. The van der Waals surface area contributed by atoms with E-state index in [1.54, 1.807) is 6.92 Å². The third-order valence-electron chi connectivity index (χ3n) is 2.73. The van der Waals surface area contributed by atoms with E-state index in [0.717, 1.165) is 5.56 Å². The summed E-state index contributed by atoms with van der Waals surface area (Å²) in [6.45, 7) is 1.68. The minimum Gasteiger partial charge on any atom is -0.481 e. The van der Waals surface area contributed by atoms with E-state index < -0.39 is 18.4 Å². The summed E-state index contributed by atoms with van der Waals surface area (Å²) in [6.07, 6.45) is 0.831. The molecule has 18 heavy (non-hydrogen) atoms. The van der Waals surface area contributed by atoms with E-state index in [1.165, 1.54) is 0 Å². The molecule has 1 aromatic carbocycles. The summed E-state index contributed by atoms with van der Waals surface area (Å²) in [5.41, 5.74) is 1.71. The number of benzene rings is 1. The van der Waals surface area contributed by atoms with Crippen molar-refractivity contribution in [2.45, 2.75) is 26.2 Å². The average Bonchev–Trinajstić information content (AvgIpc) is 2.34. The molecular formula is C14H16O4. The Labute approximate surface area is 106 Å². The Morgan fingerprint density at radius 2 is 1.72 bits per heavy atom. The van der Waals surface area contributed by atoms with Gasteiger partial charge < -0.3 is 10.2 Å². The summed E-state index contributed by atoms with van der Waals surface area (Å²) < 4.78 is 0. The van der Waals surface area contributed by atoms with Gasteiger partial charge in [-0.15, -0.1) is 0 Å². The van der Waals surface area contributed by atoms with Gasteiger partial charge in [-0.25, -0.2) is 4.79 Å². The number of carbonyl (C=O) groups is 2. The SMILES string of the molecule is CC(CCc1ccccc1)=C(CC(=O)O)C(=O)O. The van der Waals surface area contributed by atoms with E-state index in [1.807, 2.05) is 30.3 Å². The molecule has 0 heterocycles. The number of aliphatic carboxylic acids is 2. The molecule has 0 aliphatic rings. The molecule has 2 N–H and O–H groups in total. The molecule has 0 radical (unpaired) electrons. The molecule has 0 unspecified atom stereocenters. The van der Waals surface area contributed by atoms with E-state index >= 15 is 0 Å². The molecule has 4 heteroatoms. The predicted octanol–water partition coefficient (Wildman–Crippen LogP) is 2.49. The van der Waals surface area contributed by atoms with Crippen LogP contribution >= 0.6 is 0 Å². The molecule has 0 aromatic heterocycles. The van der Waals surface area contributed by atoms with Crippen molar-refractivity contribution in [2.75, 3.05) is 0 Å². The fourth-order valence-electron chi connectivity index (χ4n) is 1.69. The number of carboxylic acids is 2. The number of rotatable bonds is 6. The fourth-order valence-corrected chi connectivity index (χ4v) is 1.69. The lowest BCUT2D eigenvalue weighted by molar-refractivity contribution is -0.139. The highest BCUT2D eigenvalue weighted by molar-refractivity contribution is 5.92. The summed E-state index contributed by atoms with van der Waals surface area (Å²) in [7, 11) is 0. The zero-order valence-corrected chi connectivity index (χ0v) is 10.2. The molecule has 0 aliphatic carbocycles. The van der Waals surface area contributed by atoms with Crippen molar-refractivity contribution >= 4 is 11.9 Å². The second kappa shape index (κ2) is 6.59. The number of allylic oxidation sites excluding steroid dienone is 1.